The molecule has 1 aromatic heterocycles. The summed E-state index contributed by atoms with van der Waals surface area (Å²) in [5, 5.41) is 8.65. The Morgan fingerprint density at radius 2 is 2.10 bits per heavy atom. The Morgan fingerprint density at radius 3 is 2.81 bits per heavy atom. The van der Waals surface area contributed by atoms with Gasteiger partial charge in [0.1, 0.15) is 30.5 Å². The molecule has 5 heteroatoms. The number of nitrogens with zero attached hydrogens (tertiary/aromatic N) is 1. The van der Waals surface area contributed by atoms with Crippen LogP contribution in [0.1, 0.15) is 11.1 Å². The summed E-state index contributed by atoms with van der Waals surface area (Å²) < 4.78 is 24.2. The monoisotopic (exact) mass is 287 g/mol. The Labute approximate surface area is 122 Å². The number of aliphatic hydroxyl groups is 1. The molecule has 0 unspecified atom stereocenters. The van der Waals surface area contributed by atoms with E-state index in [0.29, 0.717) is 22.6 Å². The van der Waals surface area contributed by atoms with Crippen LogP contribution in [-0.2, 0) is 6.61 Å². The second-order valence-corrected chi connectivity index (χ2v) is 4.12. The summed E-state index contributed by atoms with van der Waals surface area (Å²) >= 11 is 0. The van der Waals surface area contributed by atoms with Crippen molar-refractivity contribution in [1.82, 2.24) is 4.98 Å². The average molecular weight is 287 g/mol. The fourth-order valence-electron chi connectivity index (χ4n) is 1.64. The van der Waals surface area contributed by atoms with Gasteiger partial charge in [0.25, 0.3) is 0 Å². The highest BCUT2D eigenvalue weighted by Gasteiger charge is 2.05. The van der Waals surface area contributed by atoms with Crippen molar-refractivity contribution < 1.29 is 19.0 Å². The number of methoxy groups -OCH3 is 1. The average Bonchev–Trinajstić information content (AvgIpc) is 2.52. The second-order valence-electron chi connectivity index (χ2n) is 4.12. The van der Waals surface area contributed by atoms with E-state index in [1.165, 1.54) is 19.4 Å². The van der Waals surface area contributed by atoms with Gasteiger partial charge in [-0.05, 0) is 18.2 Å². The first-order valence-corrected chi connectivity index (χ1v) is 6.23. The van der Waals surface area contributed by atoms with E-state index in [1.807, 2.05) is 0 Å². The number of rotatable bonds is 4. The van der Waals surface area contributed by atoms with Gasteiger partial charge in [0.05, 0.1) is 13.3 Å². The lowest BCUT2D eigenvalue weighted by Gasteiger charge is -2.08. The van der Waals surface area contributed by atoms with Crippen molar-refractivity contribution in [1.29, 1.82) is 0 Å². The predicted molar refractivity (Wildman–Crippen MR) is 75.5 cm³/mol. The number of aromatic nitrogens is 1. The lowest BCUT2D eigenvalue weighted by molar-refractivity contribution is 0.298. The van der Waals surface area contributed by atoms with E-state index in [9.17, 15) is 4.39 Å². The van der Waals surface area contributed by atoms with Gasteiger partial charge in [0.15, 0.2) is 0 Å². The van der Waals surface area contributed by atoms with Crippen LogP contribution in [0.4, 0.5) is 4.39 Å². The zero-order chi connectivity index (χ0) is 15.1. The van der Waals surface area contributed by atoms with Crippen LogP contribution >= 0.6 is 0 Å². The lowest BCUT2D eigenvalue weighted by Crippen LogP contribution is -1.99. The smallest absolute Gasteiger partial charge is 0.139 e. The molecule has 1 N–H and O–H groups in total. The number of halogens is 1. The van der Waals surface area contributed by atoms with Gasteiger partial charge < -0.3 is 14.6 Å². The minimum Gasteiger partial charge on any atom is -0.497 e. The summed E-state index contributed by atoms with van der Waals surface area (Å²) in [6.45, 7) is -0.142. The van der Waals surface area contributed by atoms with Crippen molar-refractivity contribution in [2.24, 2.45) is 0 Å². The molecular weight excluding hydrogens is 273 g/mol. The van der Waals surface area contributed by atoms with E-state index in [1.54, 1.807) is 24.4 Å². The lowest BCUT2D eigenvalue weighted by atomic mass is 10.2. The van der Waals surface area contributed by atoms with Gasteiger partial charge in [-0.25, -0.2) is 4.39 Å². The summed E-state index contributed by atoms with van der Waals surface area (Å²) in [6, 6.07) is 6.26. The van der Waals surface area contributed by atoms with Crippen molar-refractivity contribution in [2.45, 2.75) is 6.61 Å². The highest BCUT2D eigenvalue weighted by atomic mass is 19.1. The van der Waals surface area contributed by atoms with Crippen molar-refractivity contribution in [2.75, 3.05) is 13.7 Å². The zero-order valence-electron chi connectivity index (χ0n) is 11.5. The molecule has 0 amide bonds. The van der Waals surface area contributed by atoms with Crippen LogP contribution in [0.25, 0.3) is 0 Å². The first-order chi connectivity index (χ1) is 10.2. The SMILES string of the molecule is COc1ccc(COc2cncc(C#CCO)c2)c(F)c1. The Balaban J connectivity index is 2.06. The zero-order valence-corrected chi connectivity index (χ0v) is 11.5. The summed E-state index contributed by atoms with van der Waals surface area (Å²) in [5.41, 5.74) is 1.04. The maximum atomic E-state index is 13.8. The Morgan fingerprint density at radius 1 is 1.24 bits per heavy atom. The molecule has 0 bridgehead atoms. The molecule has 1 heterocycles. The standard InChI is InChI=1S/C16H14FNO3/c1-20-14-5-4-13(16(17)8-14)11-21-15-7-12(3-2-6-19)9-18-10-15/h4-5,7-10,19H,6,11H2,1H3. The van der Waals surface area contributed by atoms with Crippen LogP contribution in [0.3, 0.4) is 0 Å². The van der Waals surface area contributed by atoms with Gasteiger partial charge in [0.2, 0.25) is 0 Å². The van der Waals surface area contributed by atoms with Crippen LogP contribution in [0.5, 0.6) is 11.5 Å². The first-order valence-electron chi connectivity index (χ1n) is 6.23. The van der Waals surface area contributed by atoms with E-state index in [2.05, 4.69) is 16.8 Å². The van der Waals surface area contributed by atoms with Crippen LogP contribution < -0.4 is 9.47 Å². The van der Waals surface area contributed by atoms with E-state index in [0.717, 1.165) is 0 Å². The molecule has 0 atom stereocenters. The minimum atomic E-state index is -0.390. The van der Waals surface area contributed by atoms with Crippen molar-refractivity contribution in [3.63, 3.8) is 0 Å². The van der Waals surface area contributed by atoms with Crippen molar-refractivity contribution in [3.8, 4) is 23.3 Å². The summed E-state index contributed by atoms with van der Waals surface area (Å²) in [6.07, 6.45) is 3.08. The van der Waals surface area contributed by atoms with Crippen LogP contribution in [0, 0.1) is 17.7 Å². The molecule has 0 saturated heterocycles. The molecule has 0 aliphatic carbocycles. The van der Waals surface area contributed by atoms with Crippen LogP contribution in [-0.4, -0.2) is 23.8 Å². The fourth-order valence-corrected chi connectivity index (χ4v) is 1.64. The molecule has 0 spiro atoms. The molecule has 4 nitrogen and oxygen atoms in total. The van der Waals surface area contributed by atoms with E-state index in [4.69, 9.17) is 14.6 Å². The molecule has 0 radical (unpaired) electrons. The molecule has 0 aliphatic heterocycles. The van der Waals surface area contributed by atoms with Gasteiger partial charge in [0, 0.05) is 23.4 Å². The summed E-state index contributed by atoms with van der Waals surface area (Å²) in [7, 11) is 1.48. The maximum Gasteiger partial charge on any atom is 0.139 e. The molecule has 0 fully saturated rings. The Kier molecular flexibility index (Phi) is 5.13. The largest absolute Gasteiger partial charge is 0.497 e. The van der Waals surface area contributed by atoms with Crippen LogP contribution in [0.15, 0.2) is 36.7 Å². The second kappa shape index (κ2) is 7.27. The van der Waals surface area contributed by atoms with E-state index in [-0.39, 0.29) is 13.2 Å². The number of pyridine rings is 1. The van der Waals surface area contributed by atoms with E-state index >= 15 is 0 Å². The minimum absolute atomic E-state index is 0.0778. The molecule has 108 valence electrons. The molecule has 0 aliphatic rings. The number of ether oxygens (including phenoxy) is 2. The molecule has 2 aromatic rings. The van der Waals surface area contributed by atoms with E-state index < -0.39 is 5.82 Å². The molecule has 2 rings (SSSR count). The topological polar surface area (TPSA) is 51.6 Å². The first kappa shape index (κ1) is 14.8. The Bertz CT molecular complexity index is 677. The number of aliphatic hydroxyl groups excluding tert-OH is 1. The summed E-state index contributed by atoms with van der Waals surface area (Å²) in [4.78, 5) is 3.98. The molecular formula is C16H14FNO3. The molecule has 21 heavy (non-hydrogen) atoms. The highest BCUT2D eigenvalue weighted by molar-refractivity contribution is 5.37. The normalized spacial score (nSPS) is 9.67. The van der Waals surface area contributed by atoms with Crippen molar-refractivity contribution in [3.05, 3.63) is 53.6 Å². The van der Waals surface area contributed by atoms with Gasteiger partial charge >= 0.3 is 0 Å². The predicted octanol–water partition coefficient (Wildman–Crippen LogP) is 2.15. The highest BCUT2D eigenvalue weighted by Crippen LogP contribution is 2.18. The third-order valence-corrected chi connectivity index (χ3v) is 2.68. The number of benzene rings is 1. The molecule has 0 saturated carbocycles. The van der Waals surface area contributed by atoms with Gasteiger partial charge in [-0.1, -0.05) is 11.8 Å². The van der Waals surface area contributed by atoms with Gasteiger partial charge in [-0.15, -0.1) is 0 Å². The third kappa shape index (κ3) is 4.20. The number of hydrogen-bond donors (Lipinski definition) is 1. The van der Waals surface area contributed by atoms with Crippen LogP contribution in [0.2, 0.25) is 0 Å². The molecule has 1 aromatic carbocycles. The fraction of sp³-hybridized carbons (Fsp3) is 0.188. The van der Waals surface area contributed by atoms with Gasteiger partial charge in [-0.3, -0.25) is 4.98 Å². The van der Waals surface area contributed by atoms with Gasteiger partial charge in [-0.2, -0.15) is 0 Å². The quantitative estimate of drug-likeness (QED) is 0.875. The van der Waals surface area contributed by atoms with Crippen molar-refractivity contribution >= 4 is 0 Å². The number of hydrogen-bond acceptors (Lipinski definition) is 4. The third-order valence-electron chi connectivity index (χ3n) is 2.68. The summed E-state index contributed by atoms with van der Waals surface area (Å²) in [5.74, 6) is 5.80. The Hall–Kier alpha value is -2.58. The maximum absolute atomic E-state index is 13.8.